The molecule has 0 saturated heterocycles. The van der Waals surface area contributed by atoms with E-state index in [0.29, 0.717) is 0 Å². The van der Waals surface area contributed by atoms with E-state index in [1.54, 1.807) is 0 Å². The first kappa shape index (κ1) is 21.1. The molecule has 0 saturated carbocycles. The molecule has 0 aromatic rings. The number of hydrogen-bond donors (Lipinski definition) is 0. The fourth-order valence-corrected chi connectivity index (χ4v) is 2.48. The van der Waals surface area contributed by atoms with E-state index >= 15 is 0 Å². The van der Waals surface area contributed by atoms with Gasteiger partial charge in [-0.3, -0.25) is 0 Å². The van der Waals surface area contributed by atoms with Gasteiger partial charge >= 0.3 is 0 Å². The molecule has 18 heavy (non-hydrogen) atoms. The summed E-state index contributed by atoms with van der Waals surface area (Å²) < 4.78 is 0. The Balaban J connectivity index is 0. The molecule has 0 aliphatic carbocycles. The Hall–Kier alpha value is 0.809. The first-order valence-electron chi connectivity index (χ1n) is 7.97. The van der Waals surface area contributed by atoms with Crippen LogP contribution in [0.3, 0.4) is 0 Å². The van der Waals surface area contributed by atoms with Crippen molar-refractivity contribution in [3.05, 3.63) is 0 Å². The monoisotopic (exact) mass is 315 g/mol. The molecule has 2 heteroatoms. The molecule has 0 amide bonds. The van der Waals surface area contributed by atoms with Crippen molar-refractivity contribution < 1.29 is 17.1 Å². The van der Waals surface area contributed by atoms with Gasteiger partial charge in [-0.15, -0.1) is 11.6 Å². The van der Waals surface area contributed by atoms with Crippen molar-refractivity contribution in [3.63, 3.8) is 0 Å². The molecular weight excluding hydrogens is 283 g/mol. The molecule has 0 N–H and O–H groups in total. The molecule has 1 radical (unpaired) electrons. The molecule has 0 unspecified atom stereocenters. The summed E-state index contributed by atoms with van der Waals surface area (Å²) in [4.78, 5) is 0. The molecule has 0 bridgehead atoms. The van der Waals surface area contributed by atoms with E-state index in [-0.39, 0.29) is 17.1 Å². The van der Waals surface area contributed by atoms with Crippen LogP contribution in [0.25, 0.3) is 0 Å². The van der Waals surface area contributed by atoms with Crippen LogP contribution in [0.15, 0.2) is 0 Å². The SMILES string of the molecule is CCCCCCCCCCCCCCCCCl.[Mn]. The Morgan fingerprint density at radius 2 is 0.778 bits per heavy atom. The summed E-state index contributed by atoms with van der Waals surface area (Å²) in [6, 6.07) is 0. The second-order valence-electron chi connectivity index (χ2n) is 5.29. The van der Waals surface area contributed by atoms with Gasteiger partial charge in [0.1, 0.15) is 0 Å². The number of alkyl halides is 1. The van der Waals surface area contributed by atoms with Gasteiger partial charge in [-0.25, -0.2) is 0 Å². The van der Waals surface area contributed by atoms with Crippen LogP contribution in [0.1, 0.15) is 96.8 Å². The van der Waals surface area contributed by atoms with Gasteiger partial charge in [0.2, 0.25) is 0 Å². The quantitative estimate of drug-likeness (QED) is 0.190. The second-order valence-corrected chi connectivity index (χ2v) is 5.66. The predicted molar refractivity (Wildman–Crippen MR) is 81.0 cm³/mol. The van der Waals surface area contributed by atoms with E-state index in [2.05, 4.69) is 6.92 Å². The van der Waals surface area contributed by atoms with Gasteiger partial charge in [-0.05, 0) is 6.42 Å². The number of hydrogen-bond acceptors (Lipinski definition) is 0. The minimum Gasteiger partial charge on any atom is -0.127 e. The molecule has 0 nitrogen and oxygen atoms in total. The molecule has 0 aromatic heterocycles. The molecule has 0 fully saturated rings. The van der Waals surface area contributed by atoms with E-state index in [9.17, 15) is 0 Å². The average Bonchev–Trinajstić information content (AvgIpc) is 2.35. The predicted octanol–water partition coefficient (Wildman–Crippen LogP) is 6.70. The van der Waals surface area contributed by atoms with Crippen LogP contribution >= 0.6 is 11.6 Å². The Morgan fingerprint density at radius 1 is 0.500 bits per heavy atom. The fraction of sp³-hybridized carbons (Fsp3) is 1.00. The van der Waals surface area contributed by atoms with Crippen LogP contribution in [0.4, 0.5) is 0 Å². The van der Waals surface area contributed by atoms with Crippen molar-refractivity contribution >= 4 is 11.6 Å². The number of halogens is 1. The third-order valence-corrected chi connectivity index (χ3v) is 3.75. The van der Waals surface area contributed by atoms with Crippen molar-refractivity contribution in [2.75, 3.05) is 5.88 Å². The molecule has 0 heterocycles. The summed E-state index contributed by atoms with van der Waals surface area (Å²) in [5, 5.41) is 0. The van der Waals surface area contributed by atoms with Crippen LogP contribution in [-0.4, -0.2) is 5.88 Å². The van der Waals surface area contributed by atoms with Gasteiger partial charge in [0.05, 0.1) is 0 Å². The Kier molecular flexibility index (Phi) is 23.6. The van der Waals surface area contributed by atoms with Crippen molar-refractivity contribution in [1.29, 1.82) is 0 Å². The van der Waals surface area contributed by atoms with E-state index in [1.807, 2.05) is 0 Å². The van der Waals surface area contributed by atoms with Crippen LogP contribution in [-0.2, 0) is 17.1 Å². The van der Waals surface area contributed by atoms with Crippen molar-refractivity contribution in [3.8, 4) is 0 Å². The summed E-state index contributed by atoms with van der Waals surface area (Å²) in [7, 11) is 0. The van der Waals surface area contributed by atoms with Crippen LogP contribution in [0, 0.1) is 0 Å². The van der Waals surface area contributed by atoms with Crippen LogP contribution in [0.5, 0.6) is 0 Å². The minimum atomic E-state index is 0. The number of rotatable bonds is 14. The maximum Gasteiger partial charge on any atom is 0.0223 e. The van der Waals surface area contributed by atoms with Gasteiger partial charge in [0.15, 0.2) is 0 Å². The first-order valence-corrected chi connectivity index (χ1v) is 8.51. The molecule has 0 aliphatic rings. The maximum absolute atomic E-state index is 5.64. The fourth-order valence-electron chi connectivity index (χ4n) is 2.29. The summed E-state index contributed by atoms with van der Waals surface area (Å²) in [6.07, 6.45) is 19.8. The van der Waals surface area contributed by atoms with E-state index < -0.39 is 0 Å². The summed E-state index contributed by atoms with van der Waals surface area (Å²) in [5.41, 5.74) is 0. The third kappa shape index (κ3) is 19.2. The van der Waals surface area contributed by atoms with E-state index in [0.717, 1.165) is 5.88 Å². The van der Waals surface area contributed by atoms with Crippen molar-refractivity contribution in [1.82, 2.24) is 0 Å². The zero-order chi connectivity index (χ0) is 12.6. The number of unbranched alkanes of at least 4 members (excludes halogenated alkanes) is 13. The largest absolute Gasteiger partial charge is 0.127 e. The van der Waals surface area contributed by atoms with Crippen molar-refractivity contribution in [2.45, 2.75) is 96.8 Å². The second kappa shape index (κ2) is 20.1. The normalized spacial score (nSPS) is 10.3. The molecule has 0 spiro atoms. The third-order valence-electron chi connectivity index (χ3n) is 3.49. The van der Waals surface area contributed by atoms with E-state index in [4.69, 9.17) is 11.6 Å². The Labute approximate surface area is 131 Å². The zero-order valence-electron chi connectivity index (χ0n) is 12.4. The molecule has 0 atom stereocenters. The standard InChI is InChI=1S/C16H33Cl.Mn/c1-2-3-4-5-6-7-8-9-10-11-12-13-14-15-16-17;/h2-16H2,1H3;. The maximum atomic E-state index is 5.64. The first-order chi connectivity index (χ1) is 8.41. The summed E-state index contributed by atoms with van der Waals surface area (Å²) in [5.74, 6) is 0.845. The van der Waals surface area contributed by atoms with Crippen LogP contribution < -0.4 is 0 Å². The minimum absolute atomic E-state index is 0. The van der Waals surface area contributed by atoms with Gasteiger partial charge in [0.25, 0.3) is 0 Å². The molecule has 0 rings (SSSR count). The smallest absolute Gasteiger partial charge is 0.0223 e. The topological polar surface area (TPSA) is 0 Å². The molecule has 0 aromatic carbocycles. The van der Waals surface area contributed by atoms with Gasteiger partial charge < -0.3 is 0 Å². The molecule has 111 valence electrons. The van der Waals surface area contributed by atoms with Gasteiger partial charge in [-0.2, -0.15) is 0 Å². The Morgan fingerprint density at radius 3 is 1.06 bits per heavy atom. The van der Waals surface area contributed by atoms with Gasteiger partial charge in [-0.1, -0.05) is 90.4 Å². The average molecular weight is 316 g/mol. The van der Waals surface area contributed by atoms with Gasteiger partial charge in [0, 0.05) is 22.9 Å². The Bertz CT molecular complexity index is 114. The molecular formula is C16H33ClMn. The van der Waals surface area contributed by atoms with Crippen molar-refractivity contribution in [2.24, 2.45) is 0 Å². The molecule has 0 aliphatic heterocycles. The summed E-state index contributed by atoms with van der Waals surface area (Å²) >= 11 is 5.64. The zero-order valence-corrected chi connectivity index (χ0v) is 14.3. The van der Waals surface area contributed by atoms with Crippen LogP contribution in [0.2, 0.25) is 0 Å². The van der Waals surface area contributed by atoms with E-state index in [1.165, 1.54) is 89.9 Å². The summed E-state index contributed by atoms with van der Waals surface area (Å²) in [6.45, 7) is 2.28.